The zero-order chi connectivity index (χ0) is 10.6. The molecule has 0 unspecified atom stereocenters. The minimum atomic E-state index is 0.0561. The fraction of sp³-hybridized carbons (Fsp3) is 0.364. The number of benzene rings is 1. The molecule has 1 rings (SSSR count). The molecule has 0 bridgehead atoms. The van der Waals surface area contributed by atoms with Crippen molar-refractivity contribution in [3.63, 3.8) is 0 Å². The van der Waals surface area contributed by atoms with Crippen molar-refractivity contribution in [2.45, 2.75) is 19.8 Å². The Labute approximate surface area is 97.6 Å². The number of aryl methyl sites for hydroxylation is 1. The van der Waals surface area contributed by atoms with Gasteiger partial charge in [0, 0.05) is 10.9 Å². The summed E-state index contributed by atoms with van der Waals surface area (Å²) in [6.07, 6.45) is 1.38. The lowest BCUT2D eigenvalue weighted by atomic mass is 10.1. The molecule has 76 valence electrons. The molecule has 1 nitrogen and oxygen atoms in total. The van der Waals surface area contributed by atoms with Gasteiger partial charge in [-0.15, -0.1) is 11.6 Å². The molecule has 0 N–H and O–H groups in total. The van der Waals surface area contributed by atoms with E-state index in [9.17, 15) is 4.79 Å². The van der Waals surface area contributed by atoms with Crippen LogP contribution in [-0.4, -0.2) is 11.7 Å². The number of ketones is 1. The Bertz CT molecular complexity index is 336. The van der Waals surface area contributed by atoms with E-state index in [1.807, 2.05) is 12.1 Å². The van der Waals surface area contributed by atoms with Crippen LogP contribution in [0.2, 0.25) is 0 Å². The van der Waals surface area contributed by atoms with Crippen LogP contribution in [0.4, 0.5) is 0 Å². The van der Waals surface area contributed by atoms with Gasteiger partial charge in [-0.25, -0.2) is 0 Å². The molecule has 0 spiro atoms. The number of carbonyl (C=O) groups is 1. The smallest absolute Gasteiger partial charge is 0.151 e. The van der Waals surface area contributed by atoms with E-state index in [0.29, 0.717) is 6.42 Å². The second-order valence-electron chi connectivity index (χ2n) is 3.09. The molecule has 0 saturated heterocycles. The number of carbonyl (C=O) groups excluding carboxylic acids is 1. The molecule has 0 amide bonds. The van der Waals surface area contributed by atoms with Gasteiger partial charge >= 0.3 is 0 Å². The quantitative estimate of drug-likeness (QED) is 0.770. The van der Waals surface area contributed by atoms with E-state index >= 15 is 0 Å². The van der Waals surface area contributed by atoms with Crippen LogP contribution >= 0.6 is 27.5 Å². The number of alkyl halides is 1. The van der Waals surface area contributed by atoms with Crippen molar-refractivity contribution in [3.05, 3.63) is 33.8 Å². The van der Waals surface area contributed by atoms with Crippen molar-refractivity contribution >= 4 is 33.3 Å². The summed E-state index contributed by atoms with van der Waals surface area (Å²) in [4.78, 5) is 11.2. The zero-order valence-electron chi connectivity index (χ0n) is 8.02. The lowest BCUT2D eigenvalue weighted by Gasteiger charge is -2.06. The number of rotatable bonds is 4. The van der Waals surface area contributed by atoms with E-state index in [1.165, 1.54) is 5.56 Å². The highest BCUT2D eigenvalue weighted by molar-refractivity contribution is 9.10. The lowest BCUT2D eigenvalue weighted by Crippen LogP contribution is -2.05. The number of halogens is 2. The topological polar surface area (TPSA) is 17.1 Å². The van der Waals surface area contributed by atoms with Gasteiger partial charge in [0.2, 0.25) is 0 Å². The lowest BCUT2D eigenvalue weighted by molar-refractivity contribution is -0.116. The first-order valence-corrected chi connectivity index (χ1v) is 5.85. The molecule has 0 aliphatic rings. The van der Waals surface area contributed by atoms with Crippen LogP contribution in [-0.2, 0) is 17.6 Å². The van der Waals surface area contributed by atoms with Gasteiger partial charge in [0.05, 0.1) is 5.88 Å². The summed E-state index contributed by atoms with van der Waals surface area (Å²) >= 11 is 8.97. The maximum atomic E-state index is 11.2. The molecular formula is C11H12BrClO. The summed E-state index contributed by atoms with van der Waals surface area (Å²) in [5, 5.41) is 0. The number of hydrogen-bond acceptors (Lipinski definition) is 1. The van der Waals surface area contributed by atoms with Crippen molar-refractivity contribution in [2.24, 2.45) is 0 Å². The van der Waals surface area contributed by atoms with E-state index in [2.05, 4.69) is 28.9 Å². The Balaban J connectivity index is 2.92. The number of hydrogen-bond donors (Lipinski definition) is 0. The summed E-state index contributed by atoms with van der Waals surface area (Å²) in [6.45, 7) is 2.09. The third-order valence-corrected chi connectivity index (χ3v) is 3.39. The molecule has 14 heavy (non-hydrogen) atoms. The van der Waals surface area contributed by atoms with Gasteiger partial charge in [0.15, 0.2) is 5.78 Å². The molecule has 1 aromatic rings. The van der Waals surface area contributed by atoms with Crippen molar-refractivity contribution in [3.8, 4) is 0 Å². The maximum Gasteiger partial charge on any atom is 0.151 e. The van der Waals surface area contributed by atoms with Gasteiger partial charge in [-0.05, 0) is 17.5 Å². The molecule has 0 heterocycles. The predicted octanol–water partition coefficient (Wildman–Crippen LogP) is 3.36. The first-order chi connectivity index (χ1) is 6.69. The Morgan fingerprint density at radius 2 is 2.07 bits per heavy atom. The fourth-order valence-corrected chi connectivity index (χ4v) is 2.08. The fourth-order valence-electron chi connectivity index (χ4n) is 1.30. The highest BCUT2D eigenvalue weighted by Crippen LogP contribution is 2.22. The van der Waals surface area contributed by atoms with Crippen molar-refractivity contribution in [2.75, 3.05) is 5.88 Å². The van der Waals surface area contributed by atoms with Gasteiger partial charge in [0.25, 0.3) is 0 Å². The first kappa shape index (κ1) is 11.7. The average molecular weight is 276 g/mol. The highest BCUT2D eigenvalue weighted by Gasteiger charge is 2.07. The van der Waals surface area contributed by atoms with Gasteiger partial charge < -0.3 is 0 Å². The second kappa shape index (κ2) is 5.52. The maximum absolute atomic E-state index is 11.2. The summed E-state index contributed by atoms with van der Waals surface area (Å²) in [7, 11) is 0. The Kier molecular flexibility index (Phi) is 4.63. The SMILES string of the molecule is CCc1cccc(CC(=O)CCl)c1Br. The monoisotopic (exact) mass is 274 g/mol. The van der Waals surface area contributed by atoms with Crippen LogP contribution < -0.4 is 0 Å². The standard InChI is InChI=1S/C11H12BrClO/c1-2-8-4-3-5-9(11(8)12)6-10(14)7-13/h3-5H,2,6-7H2,1H3. The summed E-state index contributed by atoms with van der Waals surface area (Å²) in [5.41, 5.74) is 2.25. The van der Waals surface area contributed by atoms with Crippen LogP contribution in [0.3, 0.4) is 0 Å². The summed E-state index contributed by atoms with van der Waals surface area (Å²) in [5.74, 6) is 0.142. The van der Waals surface area contributed by atoms with E-state index in [1.54, 1.807) is 0 Å². The number of Topliss-reactive ketones (excluding diaryl/α,β-unsaturated/α-hetero) is 1. The van der Waals surface area contributed by atoms with E-state index < -0.39 is 0 Å². The molecule has 0 saturated carbocycles. The largest absolute Gasteiger partial charge is 0.298 e. The summed E-state index contributed by atoms with van der Waals surface area (Å²) in [6, 6.07) is 5.98. The first-order valence-electron chi connectivity index (χ1n) is 4.53. The van der Waals surface area contributed by atoms with Crippen LogP contribution in [0.25, 0.3) is 0 Å². The third-order valence-electron chi connectivity index (χ3n) is 2.08. The van der Waals surface area contributed by atoms with Crippen LogP contribution in [0, 0.1) is 0 Å². The zero-order valence-corrected chi connectivity index (χ0v) is 10.4. The normalized spacial score (nSPS) is 10.2. The van der Waals surface area contributed by atoms with Gasteiger partial charge in [-0.1, -0.05) is 41.1 Å². The van der Waals surface area contributed by atoms with Crippen LogP contribution in [0.1, 0.15) is 18.1 Å². The molecule has 1 aromatic carbocycles. The molecule has 0 aliphatic heterocycles. The van der Waals surface area contributed by atoms with Gasteiger partial charge in [-0.2, -0.15) is 0 Å². The molecule has 0 aromatic heterocycles. The molecule has 0 aliphatic carbocycles. The molecule has 0 radical (unpaired) electrons. The minimum absolute atomic E-state index is 0.0561. The molecule has 3 heteroatoms. The third kappa shape index (κ3) is 2.82. The van der Waals surface area contributed by atoms with Crippen molar-refractivity contribution in [1.82, 2.24) is 0 Å². The van der Waals surface area contributed by atoms with Crippen molar-refractivity contribution in [1.29, 1.82) is 0 Å². The Morgan fingerprint density at radius 3 is 2.64 bits per heavy atom. The van der Waals surface area contributed by atoms with Crippen LogP contribution in [0.15, 0.2) is 22.7 Å². The predicted molar refractivity (Wildman–Crippen MR) is 63.0 cm³/mol. The molecule has 0 fully saturated rings. The van der Waals surface area contributed by atoms with Gasteiger partial charge in [0.1, 0.15) is 0 Å². The minimum Gasteiger partial charge on any atom is -0.298 e. The molecule has 0 atom stereocenters. The van der Waals surface area contributed by atoms with Crippen LogP contribution in [0.5, 0.6) is 0 Å². The average Bonchev–Trinajstić information content (AvgIpc) is 2.21. The second-order valence-corrected chi connectivity index (χ2v) is 4.15. The van der Waals surface area contributed by atoms with E-state index in [-0.39, 0.29) is 11.7 Å². The van der Waals surface area contributed by atoms with E-state index in [4.69, 9.17) is 11.6 Å². The van der Waals surface area contributed by atoms with E-state index in [0.717, 1.165) is 16.5 Å². The Hall–Kier alpha value is -0.340. The summed E-state index contributed by atoms with van der Waals surface area (Å²) < 4.78 is 1.04. The Morgan fingerprint density at radius 1 is 1.43 bits per heavy atom. The molecular weight excluding hydrogens is 263 g/mol. The highest BCUT2D eigenvalue weighted by atomic mass is 79.9. The van der Waals surface area contributed by atoms with Crippen molar-refractivity contribution < 1.29 is 4.79 Å². The van der Waals surface area contributed by atoms with Gasteiger partial charge in [-0.3, -0.25) is 4.79 Å².